The van der Waals surface area contributed by atoms with Crippen molar-refractivity contribution in [3.63, 3.8) is 0 Å². The third-order valence-corrected chi connectivity index (χ3v) is 4.28. The molecule has 0 radical (unpaired) electrons. The number of pyridine rings is 1. The Hall–Kier alpha value is -3.15. The molecule has 0 bridgehead atoms. The van der Waals surface area contributed by atoms with Gasteiger partial charge in [0.2, 0.25) is 5.91 Å². The Balaban J connectivity index is 1.43. The van der Waals surface area contributed by atoms with Crippen LogP contribution in [0.4, 0.5) is 0 Å². The highest BCUT2D eigenvalue weighted by Gasteiger charge is 2.06. The van der Waals surface area contributed by atoms with Crippen LogP contribution in [0, 0.1) is 0 Å². The molecule has 0 saturated carbocycles. The van der Waals surface area contributed by atoms with Gasteiger partial charge in [-0.3, -0.25) is 9.59 Å². The van der Waals surface area contributed by atoms with Crippen molar-refractivity contribution in [2.45, 2.75) is 19.4 Å². The minimum Gasteiger partial charge on any atom is -0.356 e. The molecule has 26 heavy (non-hydrogen) atoms. The molecule has 2 amide bonds. The van der Waals surface area contributed by atoms with Gasteiger partial charge in [-0.05, 0) is 42.3 Å². The molecule has 0 spiro atoms. The quantitative estimate of drug-likeness (QED) is 0.685. The zero-order valence-electron chi connectivity index (χ0n) is 14.7. The molecule has 134 valence electrons. The topological polar surface area (TPSA) is 76.0 Å². The van der Waals surface area contributed by atoms with Crippen molar-refractivity contribution < 1.29 is 9.59 Å². The molecule has 0 atom stereocenters. The molecule has 0 saturated heterocycles. The molecule has 2 aromatic heterocycles. The fraction of sp³-hybridized carbons (Fsp3) is 0.250. The van der Waals surface area contributed by atoms with E-state index >= 15 is 0 Å². The summed E-state index contributed by atoms with van der Waals surface area (Å²) in [5.41, 5.74) is 2.61. The van der Waals surface area contributed by atoms with Crippen LogP contribution in [0.15, 0.2) is 54.9 Å². The number of fused-ring (bicyclic) bond motifs is 1. The molecule has 6 heteroatoms. The first-order chi connectivity index (χ1) is 12.7. The molecule has 6 nitrogen and oxygen atoms in total. The van der Waals surface area contributed by atoms with E-state index in [-0.39, 0.29) is 11.8 Å². The fourth-order valence-electron chi connectivity index (χ4n) is 2.82. The SMILES string of the molecule is CNC(=O)c1ccc(CCNC(=O)CCn2ccc3cccnc32)cc1. The molecular weight excluding hydrogens is 328 g/mol. The molecular formula is C20H22N4O2. The smallest absolute Gasteiger partial charge is 0.251 e. The highest BCUT2D eigenvalue weighted by atomic mass is 16.2. The third-order valence-electron chi connectivity index (χ3n) is 4.28. The number of carbonyl (C=O) groups is 2. The number of hydrogen-bond acceptors (Lipinski definition) is 3. The molecule has 0 aliphatic carbocycles. The van der Waals surface area contributed by atoms with Crippen molar-refractivity contribution in [2.24, 2.45) is 0 Å². The van der Waals surface area contributed by atoms with E-state index in [1.165, 1.54) is 0 Å². The summed E-state index contributed by atoms with van der Waals surface area (Å²) < 4.78 is 1.99. The lowest BCUT2D eigenvalue weighted by molar-refractivity contribution is -0.121. The average Bonchev–Trinajstić information content (AvgIpc) is 3.09. The molecule has 3 aromatic rings. The maximum atomic E-state index is 12.0. The number of aromatic nitrogens is 2. The predicted molar refractivity (Wildman–Crippen MR) is 101 cm³/mol. The fourth-order valence-corrected chi connectivity index (χ4v) is 2.82. The van der Waals surface area contributed by atoms with Gasteiger partial charge in [-0.1, -0.05) is 12.1 Å². The van der Waals surface area contributed by atoms with Gasteiger partial charge in [-0.2, -0.15) is 0 Å². The number of benzene rings is 1. The van der Waals surface area contributed by atoms with Gasteiger partial charge in [0.15, 0.2) is 0 Å². The number of aryl methyl sites for hydroxylation is 1. The number of amides is 2. The average molecular weight is 350 g/mol. The molecule has 0 aliphatic heterocycles. The third kappa shape index (κ3) is 4.27. The summed E-state index contributed by atoms with van der Waals surface area (Å²) in [5.74, 6) is -0.0818. The van der Waals surface area contributed by atoms with Crippen molar-refractivity contribution in [1.82, 2.24) is 20.2 Å². The van der Waals surface area contributed by atoms with E-state index in [2.05, 4.69) is 15.6 Å². The first kappa shape index (κ1) is 17.7. The molecule has 0 fully saturated rings. The zero-order valence-corrected chi connectivity index (χ0v) is 14.7. The molecule has 3 rings (SSSR count). The van der Waals surface area contributed by atoms with Gasteiger partial charge in [0.05, 0.1) is 0 Å². The van der Waals surface area contributed by atoms with Crippen molar-refractivity contribution >= 4 is 22.8 Å². The summed E-state index contributed by atoms with van der Waals surface area (Å²) in [6, 6.07) is 13.3. The van der Waals surface area contributed by atoms with Crippen molar-refractivity contribution in [1.29, 1.82) is 0 Å². The molecule has 0 unspecified atom stereocenters. The number of rotatable bonds is 7. The van der Waals surface area contributed by atoms with Gasteiger partial charge in [0.25, 0.3) is 5.91 Å². The zero-order chi connectivity index (χ0) is 18.4. The van der Waals surface area contributed by atoms with Gasteiger partial charge in [0, 0.05) is 49.9 Å². The van der Waals surface area contributed by atoms with Crippen LogP contribution in [-0.2, 0) is 17.8 Å². The first-order valence-electron chi connectivity index (χ1n) is 8.65. The van der Waals surface area contributed by atoms with E-state index in [9.17, 15) is 9.59 Å². The van der Waals surface area contributed by atoms with Crippen LogP contribution >= 0.6 is 0 Å². The Morgan fingerprint density at radius 1 is 1.12 bits per heavy atom. The lowest BCUT2D eigenvalue weighted by atomic mass is 10.1. The van der Waals surface area contributed by atoms with Gasteiger partial charge >= 0.3 is 0 Å². The Morgan fingerprint density at radius 3 is 2.69 bits per heavy atom. The number of nitrogens with one attached hydrogen (secondary N) is 2. The Labute approximate surface area is 152 Å². The van der Waals surface area contributed by atoms with Crippen molar-refractivity contribution in [2.75, 3.05) is 13.6 Å². The lowest BCUT2D eigenvalue weighted by Crippen LogP contribution is -2.26. The molecule has 0 aliphatic rings. The molecule has 2 heterocycles. The summed E-state index contributed by atoms with van der Waals surface area (Å²) >= 11 is 0. The van der Waals surface area contributed by atoms with Crippen LogP contribution in [-0.4, -0.2) is 35.0 Å². The van der Waals surface area contributed by atoms with Gasteiger partial charge in [-0.15, -0.1) is 0 Å². The van der Waals surface area contributed by atoms with E-state index in [0.29, 0.717) is 25.1 Å². The van der Waals surface area contributed by atoms with Gasteiger partial charge in [-0.25, -0.2) is 4.98 Å². The summed E-state index contributed by atoms with van der Waals surface area (Å²) in [5, 5.41) is 6.61. The normalized spacial score (nSPS) is 10.7. The Bertz CT molecular complexity index is 900. The molecule has 2 N–H and O–H groups in total. The second-order valence-electron chi connectivity index (χ2n) is 6.05. The summed E-state index contributed by atoms with van der Waals surface area (Å²) in [4.78, 5) is 27.9. The van der Waals surface area contributed by atoms with Crippen LogP contribution < -0.4 is 10.6 Å². The summed E-state index contributed by atoms with van der Waals surface area (Å²) in [6.45, 7) is 1.18. The van der Waals surface area contributed by atoms with Crippen molar-refractivity contribution in [3.8, 4) is 0 Å². The van der Waals surface area contributed by atoms with Gasteiger partial charge in [0.1, 0.15) is 5.65 Å². The first-order valence-corrected chi connectivity index (χ1v) is 8.65. The predicted octanol–water partition coefficient (Wildman–Crippen LogP) is 2.14. The van der Waals surface area contributed by atoms with Crippen LogP contribution in [0.3, 0.4) is 0 Å². The minimum atomic E-state index is -0.100. The monoisotopic (exact) mass is 350 g/mol. The second kappa shape index (κ2) is 8.29. The maximum absolute atomic E-state index is 12.0. The van der Waals surface area contributed by atoms with E-state index in [1.807, 2.05) is 41.1 Å². The van der Waals surface area contributed by atoms with Gasteiger partial charge < -0.3 is 15.2 Å². The number of carbonyl (C=O) groups excluding carboxylic acids is 2. The highest BCUT2D eigenvalue weighted by molar-refractivity contribution is 5.93. The number of hydrogen-bond donors (Lipinski definition) is 2. The van der Waals surface area contributed by atoms with E-state index in [0.717, 1.165) is 23.0 Å². The summed E-state index contributed by atoms with van der Waals surface area (Å²) in [6.07, 6.45) is 4.86. The van der Waals surface area contributed by atoms with E-state index < -0.39 is 0 Å². The maximum Gasteiger partial charge on any atom is 0.251 e. The number of nitrogens with zero attached hydrogens (tertiary/aromatic N) is 2. The van der Waals surface area contributed by atoms with Crippen molar-refractivity contribution in [3.05, 3.63) is 66.0 Å². The standard InChI is InChI=1S/C20H22N4O2/c1-21-20(26)17-6-4-15(5-7-17)8-12-22-18(25)10-14-24-13-9-16-3-2-11-23-19(16)24/h2-7,9,11,13H,8,10,12,14H2,1H3,(H,21,26)(H,22,25). The minimum absolute atomic E-state index is 0.0183. The lowest BCUT2D eigenvalue weighted by Gasteiger charge is -2.07. The van der Waals surface area contributed by atoms with Crippen LogP contribution in [0.2, 0.25) is 0 Å². The van der Waals surface area contributed by atoms with E-state index in [1.54, 1.807) is 25.4 Å². The largest absolute Gasteiger partial charge is 0.356 e. The summed E-state index contributed by atoms with van der Waals surface area (Å²) in [7, 11) is 1.61. The Kier molecular flexibility index (Phi) is 5.63. The van der Waals surface area contributed by atoms with E-state index in [4.69, 9.17) is 0 Å². The Morgan fingerprint density at radius 2 is 1.92 bits per heavy atom. The van der Waals surface area contributed by atoms with Crippen LogP contribution in [0.1, 0.15) is 22.3 Å². The highest BCUT2D eigenvalue weighted by Crippen LogP contribution is 2.12. The van der Waals surface area contributed by atoms with Crippen LogP contribution in [0.25, 0.3) is 11.0 Å². The molecule has 1 aromatic carbocycles. The second-order valence-corrected chi connectivity index (χ2v) is 6.05. The van der Waals surface area contributed by atoms with Crippen LogP contribution in [0.5, 0.6) is 0 Å².